The molecular weight excluding hydrogens is 244 g/mol. The monoisotopic (exact) mass is 264 g/mol. The molecule has 1 aromatic rings. The van der Waals surface area contributed by atoms with Gasteiger partial charge in [0.1, 0.15) is 0 Å². The van der Waals surface area contributed by atoms with Crippen LogP contribution in [-0.2, 0) is 12.8 Å². The summed E-state index contributed by atoms with van der Waals surface area (Å²) in [6, 6.07) is 0.164. The van der Waals surface area contributed by atoms with Gasteiger partial charge in [0.2, 0.25) is 0 Å². The van der Waals surface area contributed by atoms with Gasteiger partial charge in [0.25, 0.3) is 5.91 Å². The molecule has 1 amide bonds. The van der Waals surface area contributed by atoms with Crippen molar-refractivity contribution < 1.29 is 4.79 Å². The number of rotatable bonds is 1. The first-order chi connectivity index (χ1) is 8.75. The van der Waals surface area contributed by atoms with Crippen molar-refractivity contribution in [1.82, 2.24) is 4.90 Å². The van der Waals surface area contributed by atoms with Gasteiger partial charge in [-0.15, -0.1) is 11.3 Å². The second-order valence-electron chi connectivity index (χ2n) is 5.41. The zero-order valence-electron chi connectivity index (χ0n) is 10.7. The van der Waals surface area contributed by atoms with E-state index in [2.05, 4.69) is 5.38 Å². The minimum Gasteiger partial charge on any atom is -0.337 e. The fraction of sp³-hybridized carbons (Fsp3) is 0.643. The van der Waals surface area contributed by atoms with E-state index in [0.29, 0.717) is 0 Å². The van der Waals surface area contributed by atoms with E-state index in [4.69, 9.17) is 5.73 Å². The van der Waals surface area contributed by atoms with Crippen LogP contribution in [0, 0.1) is 0 Å². The number of carbonyl (C=O) groups is 1. The summed E-state index contributed by atoms with van der Waals surface area (Å²) in [4.78, 5) is 15.9. The topological polar surface area (TPSA) is 46.3 Å². The summed E-state index contributed by atoms with van der Waals surface area (Å²) in [5, 5.41) is 2.07. The van der Waals surface area contributed by atoms with Crippen LogP contribution in [-0.4, -0.2) is 29.9 Å². The lowest BCUT2D eigenvalue weighted by Crippen LogP contribution is -2.45. The molecule has 18 heavy (non-hydrogen) atoms. The molecule has 1 atom stereocenters. The average molecular weight is 264 g/mol. The lowest BCUT2D eigenvalue weighted by atomic mass is 9.95. The van der Waals surface area contributed by atoms with Crippen LogP contribution < -0.4 is 5.73 Å². The van der Waals surface area contributed by atoms with Gasteiger partial charge in [0, 0.05) is 29.4 Å². The zero-order chi connectivity index (χ0) is 12.5. The minimum atomic E-state index is 0.164. The molecule has 1 unspecified atom stereocenters. The van der Waals surface area contributed by atoms with Gasteiger partial charge in [-0.2, -0.15) is 0 Å². The smallest absolute Gasteiger partial charge is 0.255 e. The Labute approximate surface area is 112 Å². The van der Waals surface area contributed by atoms with Crippen molar-refractivity contribution in [2.75, 3.05) is 13.1 Å². The number of amides is 1. The van der Waals surface area contributed by atoms with Gasteiger partial charge in [0.05, 0.1) is 5.56 Å². The zero-order valence-corrected chi connectivity index (χ0v) is 11.5. The molecule has 2 aliphatic rings. The van der Waals surface area contributed by atoms with Crippen molar-refractivity contribution in [2.24, 2.45) is 5.73 Å². The Kier molecular flexibility index (Phi) is 3.39. The fourth-order valence-corrected chi connectivity index (χ4v) is 4.16. The molecule has 3 nitrogen and oxygen atoms in total. The molecule has 1 fully saturated rings. The third-order valence-corrected chi connectivity index (χ3v) is 5.13. The number of hydrogen-bond donors (Lipinski definition) is 1. The molecule has 0 radical (unpaired) electrons. The maximum Gasteiger partial charge on any atom is 0.255 e. The average Bonchev–Trinajstić information content (AvgIpc) is 2.82. The minimum absolute atomic E-state index is 0.164. The van der Waals surface area contributed by atoms with Crippen molar-refractivity contribution in [2.45, 2.75) is 44.6 Å². The van der Waals surface area contributed by atoms with E-state index in [9.17, 15) is 4.79 Å². The highest BCUT2D eigenvalue weighted by atomic mass is 32.1. The first-order valence-corrected chi connectivity index (χ1v) is 7.78. The Morgan fingerprint density at radius 1 is 1.33 bits per heavy atom. The van der Waals surface area contributed by atoms with Crippen LogP contribution in [0.15, 0.2) is 5.38 Å². The Hall–Kier alpha value is -0.870. The normalized spacial score (nSPS) is 23.8. The van der Waals surface area contributed by atoms with Gasteiger partial charge < -0.3 is 10.6 Å². The van der Waals surface area contributed by atoms with E-state index in [1.165, 1.54) is 23.3 Å². The van der Waals surface area contributed by atoms with E-state index in [-0.39, 0.29) is 11.9 Å². The van der Waals surface area contributed by atoms with Crippen molar-refractivity contribution in [1.29, 1.82) is 0 Å². The third kappa shape index (κ3) is 2.19. The summed E-state index contributed by atoms with van der Waals surface area (Å²) in [7, 11) is 0. The van der Waals surface area contributed by atoms with E-state index in [0.717, 1.165) is 44.3 Å². The van der Waals surface area contributed by atoms with Gasteiger partial charge in [0.15, 0.2) is 0 Å². The van der Waals surface area contributed by atoms with E-state index in [1.54, 1.807) is 11.3 Å². The number of nitrogens with two attached hydrogens (primary N) is 1. The highest BCUT2D eigenvalue weighted by molar-refractivity contribution is 7.10. The SMILES string of the molecule is NC1CCCN(C(=O)c2csc3c2CCCC3)C1. The summed E-state index contributed by atoms with van der Waals surface area (Å²) < 4.78 is 0. The summed E-state index contributed by atoms with van der Waals surface area (Å²) >= 11 is 1.77. The number of nitrogens with zero attached hydrogens (tertiary/aromatic N) is 1. The number of aryl methyl sites for hydroxylation is 1. The molecule has 2 N–H and O–H groups in total. The van der Waals surface area contributed by atoms with E-state index in [1.807, 2.05) is 4.90 Å². The predicted octanol–water partition coefficient (Wildman–Crippen LogP) is 2.19. The van der Waals surface area contributed by atoms with E-state index < -0.39 is 0 Å². The standard InChI is InChI=1S/C14H20N2OS/c15-10-4-3-7-16(8-10)14(17)12-9-18-13-6-2-1-5-11(12)13/h9-10H,1-8,15H2. The second kappa shape index (κ2) is 5.02. The third-order valence-electron chi connectivity index (χ3n) is 4.04. The molecule has 2 heterocycles. The molecular formula is C14H20N2OS. The van der Waals surface area contributed by atoms with Gasteiger partial charge in [-0.3, -0.25) is 4.79 Å². The number of hydrogen-bond acceptors (Lipinski definition) is 3. The molecule has 1 aliphatic heterocycles. The lowest BCUT2D eigenvalue weighted by molar-refractivity contribution is 0.0708. The van der Waals surface area contributed by atoms with Crippen LogP contribution in [0.4, 0.5) is 0 Å². The summed E-state index contributed by atoms with van der Waals surface area (Å²) in [6.45, 7) is 1.60. The summed E-state index contributed by atoms with van der Waals surface area (Å²) in [5.41, 5.74) is 8.25. The lowest BCUT2D eigenvalue weighted by Gasteiger charge is -2.31. The Bertz CT molecular complexity index is 455. The molecule has 98 valence electrons. The largest absolute Gasteiger partial charge is 0.337 e. The van der Waals surface area contributed by atoms with Crippen molar-refractivity contribution in [3.05, 3.63) is 21.4 Å². The van der Waals surface area contributed by atoms with Crippen LogP contribution in [0.25, 0.3) is 0 Å². The molecule has 0 aromatic carbocycles. The molecule has 1 aliphatic carbocycles. The summed E-state index contributed by atoms with van der Waals surface area (Å²) in [6.07, 6.45) is 6.83. The van der Waals surface area contributed by atoms with Crippen molar-refractivity contribution in [3.63, 3.8) is 0 Å². The van der Waals surface area contributed by atoms with Gasteiger partial charge in [-0.1, -0.05) is 0 Å². The molecule has 0 saturated carbocycles. The predicted molar refractivity (Wildman–Crippen MR) is 74.1 cm³/mol. The van der Waals surface area contributed by atoms with Crippen molar-refractivity contribution >= 4 is 17.2 Å². The van der Waals surface area contributed by atoms with Crippen LogP contribution >= 0.6 is 11.3 Å². The van der Waals surface area contributed by atoms with Gasteiger partial charge >= 0.3 is 0 Å². The Morgan fingerprint density at radius 2 is 2.17 bits per heavy atom. The molecule has 1 aromatic heterocycles. The quantitative estimate of drug-likeness (QED) is 0.845. The first kappa shape index (κ1) is 12.2. The van der Waals surface area contributed by atoms with Crippen molar-refractivity contribution in [3.8, 4) is 0 Å². The highest BCUT2D eigenvalue weighted by Crippen LogP contribution is 2.31. The maximum atomic E-state index is 12.6. The molecule has 1 saturated heterocycles. The first-order valence-electron chi connectivity index (χ1n) is 6.90. The van der Waals surface area contributed by atoms with E-state index >= 15 is 0 Å². The Balaban J connectivity index is 1.81. The molecule has 0 spiro atoms. The fourth-order valence-electron chi connectivity index (χ4n) is 3.04. The van der Waals surface area contributed by atoms with Gasteiger partial charge in [-0.25, -0.2) is 0 Å². The summed E-state index contributed by atoms with van der Waals surface area (Å²) in [5.74, 6) is 0.213. The molecule has 4 heteroatoms. The van der Waals surface area contributed by atoms with Gasteiger partial charge in [-0.05, 0) is 44.1 Å². The van der Waals surface area contributed by atoms with Crippen LogP contribution in [0.5, 0.6) is 0 Å². The number of thiophene rings is 1. The van der Waals surface area contributed by atoms with Crippen LogP contribution in [0.3, 0.4) is 0 Å². The number of fused-ring (bicyclic) bond motifs is 1. The number of piperidine rings is 1. The molecule has 3 rings (SSSR count). The van der Waals surface area contributed by atoms with Crippen LogP contribution in [0.1, 0.15) is 46.5 Å². The van der Waals surface area contributed by atoms with Crippen LogP contribution in [0.2, 0.25) is 0 Å². The maximum absolute atomic E-state index is 12.6. The number of carbonyl (C=O) groups excluding carboxylic acids is 1. The second-order valence-corrected chi connectivity index (χ2v) is 6.38. The highest BCUT2D eigenvalue weighted by Gasteiger charge is 2.26. The molecule has 0 bridgehead atoms. The Morgan fingerprint density at radius 3 is 3.00 bits per heavy atom. The number of likely N-dealkylation sites (tertiary alicyclic amines) is 1.